The maximum atomic E-state index is 13.6. The molecule has 0 radical (unpaired) electrons. The highest BCUT2D eigenvalue weighted by Gasteiger charge is 2.15. The van der Waals surface area contributed by atoms with Gasteiger partial charge in [-0.25, -0.2) is 8.78 Å². The van der Waals surface area contributed by atoms with E-state index in [1.807, 2.05) is 0 Å². The minimum Gasteiger partial charge on any atom is -0.397 e. The predicted octanol–water partition coefficient (Wildman–Crippen LogP) is 3.87. The van der Waals surface area contributed by atoms with E-state index >= 15 is 0 Å². The van der Waals surface area contributed by atoms with Crippen molar-refractivity contribution in [2.24, 2.45) is 0 Å². The van der Waals surface area contributed by atoms with Crippen LogP contribution >= 0.6 is 15.9 Å². The van der Waals surface area contributed by atoms with Crippen LogP contribution in [0.5, 0.6) is 0 Å². The van der Waals surface area contributed by atoms with Crippen molar-refractivity contribution in [2.75, 3.05) is 11.1 Å². The summed E-state index contributed by atoms with van der Waals surface area (Å²) in [5.41, 5.74) is 6.23. The fourth-order valence-electron chi connectivity index (χ4n) is 1.75. The Morgan fingerprint density at radius 2 is 1.95 bits per heavy atom. The van der Waals surface area contributed by atoms with Crippen LogP contribution in [0.3, 0.4) is 0 Å². The summed E-state index contributed by atoms with van der Waals surface area (Å²) >= 11 is 3.26. The molecule has 2 aromatic rings. The summed E-state index contributed by atoms with van der Waals surface area (Å²) in [7, 11) is 0. The first-order valence-electron chi connectivity index (χ1n) is 5.70. The summed E-state index contributed by atoms with van der Waals surface area (Å²) in [6.07, 6.45) is 0. The van der Waals surface area contributed by atoms with Gasteiger partial charge in [0.1, 0.15) is 11.5 Å². The van der Waals surface area contributed by atoms with Gasteiger partial charge in [-0.2, -0.15) is 0 Å². The van der Waals surface area contributed by atoms with Gasteiger partial charge in [0.25, 0.3) is 5.91 Å². The Morgan fingerprint density at radius 3 is 2.60 bits per heavy atom. The number of halogens is 3. The van der Waals surface area contributed by atoms with Gasteiger partial charge in [0.2, 0.25) is 0 Å². The third-order valence-corrected chi connectivity index (χ3v) is 3.26. The molecule has 0 aliphatic heterocycles. The number of carbonyl (C=O) groups is 1. The van der Waals surface area contributed by atoms with E-state index in [4.69, 9.17) is 5.73 Å². The van der Waals surface area contributed by atoms with Crippen molar-refractivity contribution in [1.29, 1.82) is 0 Å². The van der Waals surface area contributed by atoms with Crippen molar-refractivity contribution in [3.05, 3.63) is 57.6 Å². The number of hydrogen-bond donors (Lipinski definition) is 2. The van der Waals surface area contributed by atoms with Gasteiger partial charge in [0, 0.05) is 16.1 Å². The SMILES string of the molecule is Cc1ccc(Br)cc1C(=O)Nc1c(N)cc(F)cc1F. The molecule has 3 N–H and O–H groups in total. The largest absolute Gasteiger partial charge is 0.397 e. The van der Waals surface area contributed by atoms with E-state index in [2.05, 4.69) is 21.2 Å². The predicted molar refractivity (Wildman–Crippen MR) is 77.6 cm³/mol. The molecule has 2 rings (SSSR count). The Hall–Kier alpha value is -1.95. The fourth-order valence-corrected chi connectivity index (χ4v) is 2.11. The Bertz CT molecular complexity index is 666. The van der Waals surface area contributed by atoms with Crippen LogP contribution in [0.4, 0.5) is 20.2 Å². The number of anilines is 2. The molecule has 0 atom stereocenters. The van der Waals surface area contributed by atoms with Gasteiger partial charge >= 0.3 is 0 Å². The fraction of sp³-hybridized carbons (Fsp3) is 0.0714. The zero-order chi connectivity index (χ0) is 14.9. The van der Waals surface area contributed by atoms with Gasteiger partial charge in [-0.05, 0) is 30.7 Å². The van der Waals surface area contributed by atoms with Crippen molar-refractivity contribution >= 4 is 33.2 Å². The molecule has 0 unspecified atom stereocenters. The zero-order valence-electron chi connectivity index (χ0n) is 10.5. The van der Waals surface area contributed by atoms with Crippen molar-refractivity contribution in [3.63, 3.8) is 0 Å². The van der Waals surface area contributed by atoms with E-state index in [0.717, 1.165) is 16.1 Å². The highest BCUT2D eigenvalue weighted by molar-refractivity contribution is 9.10. The maximum Gasteiger partial charge on any atom is 0.256 e. The van der Waals surface area contributed by atoms with Gasteiger partial charge in [-0.1, -0.05) is 22.0 Å². The molecule has 3 nitrogen and oxygen atoms in total. The number of nitrogens with one attached hydrogen (secondary N) is 1. The summed E-state index contributed by atoms with van der Waals surface area (Å²) in [4.78, 5) is 12.1. The molecular formula is C14H11BrF2N2O. The minimum atomic E-state index is -0.913. The van der Waals surface area contributed by atoms with Crippen LogP contribution in [0, 0.1) is 18.6 Å². The molecular weight excluding hydrogens is 330 g/mol. The first-order chi connectivity index (χ1) is 9.38. The molecule has 6 heteroatoms. The van der Waals surface area contributed by atoms with Gasteiger partial charge < -0.3 is 11.1 Å². The molecule has 0 heterocycles. The van der Waals surface area contributed by atoms with E-state index in [0.29, 0.717) is 11.6 Å². The van der Waals surface area contributed by atoms with Crippen molar-refractivity contribution in [2.45, 2.75) is 6.92 Å². The topological polar surface area (TPSA) is 55.1 Å². The van der Waals surface area contributed by atoms with E-state index in [1.54, 1.807) is 25.1 Å². The first-order valence-corrected chi connectivity index (χ1v) is 6.50. The molecule has 0 fully saturated rings. The van der Waals surface area contributed by atoms with Crippen LogP contribution < -0.4 is 11.1 Å². The Balaban J connectivity index is 2.35. The lowest BCUT2D eigenvalue weighted by atomic mass is 10.1. The third kappa shape index (κ3) is 2.96. The Kier molecular flexibility index (Phi) is 4.04. The van der Waals surface area contributed by atoms with Crippen LogP contribution in [-0.4, -0.2) is 5.91 Å². The molecule has 2 aromatic carbocycles. The monoisotopic (exact) mass is 340 g/mol. The van der Waals surface area contributed by atoms with E-state index < -0.39 is 17.5 Å². The van der Waals surface area contributed by atoms with Gasteiger partial charge in [0.15, 0.2) is 5.82 Å². The summed E-state index contributed by atoms with van der Waals surface area (Å²) < 4.78 is 27.3. The highest BCUT2D eigenvalue weighted by Crippen LogP contribution is 2.25. The van der Waals surface area contributed by atoms with Crippen LogP contribution in [0.1, 0.15) is 15.9 Å². The number of nitrogen functional groups attached to an aromatic ring is 1. The molecule has 0 bridgehead atoms. The molecule has 0 saturated carbocycles. The standard InChI is InChI=1S/C14H11BrF2N2O/c1-7-2-3-8(15)4-10(7)14(20)19-13-11(17)5-9(16)6-12(13)18/h2-6H,18H2,1H3,(H,19,20). The first kappa shape index (κ1) is 14.5. The lowest BCUT2D eigenvalue weighted by molar-refractivity contribution is 0.102. The zero-order valence-corrected chi connectivity index (χ0v) is 12.1. The summed E-state index contributed by atoms with van der Waals surface area (Å²) in [6.45, 7) is 1.76. The van der Waals surface area contributed by atoms with E-state index in [1.165, 1.54) is 0 Å². The molecule has 0 saturated heterocycles. The molecule has 20 heavy (non-hydrogen) atoms. The number of nitrogens with two attached hydrogens (primary N) is 1. The quantitative estimate of drug-likeness (QED) is 0.815. The lowest BCUT2D eigenvalue weighted by Crippen LogP contribution is -2.16. The van der Waals surface area contributed by atoms with Crippen LogP contribution in [0.15, 0.2) is 34.8 Å². The van der Waals surface area contributed by atoms with E-state index in [-0.39, 0.29) is 11.4 Å². The maximum absolute atomic E-state index is 13.6. The molecule has 104 valence electrons. The third-order valence-electron chi connectivity index (χ3n) is 2.77. The number of rotatable bonds is 2. The Labute approximate surface area is 122 Å². The average Bonchev–Trinajstić information content (AvgIpc) is 2.36. The summed E-state index contributed by atoms with van der Waals surface area (Å²) in [5, 5.41) is 2.36. The normalized spacial score (nSPS) is 10.4. The lowest BCUT2D eigenvalue weighted by Gasteiger charge is -2.11. The molecule has 0 aromatic heterocycles. The molecule has 1 amide bonds. The minimum absolute atomic E-state index is 0.163. The van der Waals surface area contributed by atoms with Gasteiger partial charge in [-0.3, -0.25) is 4.79 Å². The number of carbonyl (C=O) groups excluding carboxylic acids is 1. The number of amides is 1. The average molecular weight is 341 g/mol. The second-order valence-corrected chi connectivity index (χ2v) is 5.18. The molecule has 0 aliphatic carbocycles. The second-order valence-electron chi connectivity index (χ2n) is 4.27. The second kappa shape index (κ2) is 5.58. The van der Waals surface area contributed by atoms with Crippen LogP contribution in [0.25, 0.3) is 0 Å². The van der Waals surface area contributed by atoms with Crippen LogP contribution in [0.2, 0.25) is 0 Å². The number of benzene rings is 2. The smallest absolute Gasteiger partial charge is 0.256 e. The highest BCUT2D eigenvalue weighted by atomic mass is 79.9. The summed E-state index contributed by atoms with van der Waals surface area (Å²) in [6, 6.07) is 6.77. The molecule has 0 spiro atoms. The van der Waals surface area contributed by atoms with Crippen molar-refractivity contribution < 1.29 is 13.6 Å². The van der Waals surface area contributed by atoms with E-state index in [9.17, 15) is 13.6 Å². The molecule has 0 aliphatic rings. The number of hydrogen-bond acceptors (Lipinski definition) is 2. The number of aryl methyl sites for hydroxylation is 1. The van der Waals surface area contributed by atoms with Crippen LogP contribution in [-0.2, 0) is 0 Å². The summed E-state index contributed by atoms with van der Waals surface area (Å²) in [5.74, 6) is -2.22. The Morgan fingerprint density at radius 1 is 1.25 bits per heavy atom. The van der Waals surface area contributed by atoms with Crippen molar-refractivity contribution in [1.82, 2.24) is 0 Å². The van der Waals surface area contributed by atoms with Crippen molar-refractivity contribution in [3.8, 4) is 0 Å². The van der Waals surface area contributed by atoms with Gasteiger partial charge in [-0.15, -0.1) is 0 Å². The van der Waals surface area contributed by atoms with Gasteiger partial charge in [0.05, 0.1) is 5.69 Å².